The normalized spacial score (nSPS) is 23.6. The van der Waals surface area contributed by atoms with Gasteiger partial charge in [0.15, 0.2) is 5.78 Å². The van der Waals surface area contributed by atoms with Gasteiger partial charge in [0.1, 0.15) is 24.7 Å². The van der Waals surface area contributed by atoms with Gasteiger partial charge in [0.2, 0.25) is 0 Å². The van der Waals surface area contributed by atoms with E-state index < -0.39 is 0 Å². The van der Waals surface area contributed by atoms with Gasteiger partial charge in [-0.25, -0.2) is 0 Å². The van der Waals surface area contributed by atoms with Gasteiger partial charge in [0, 0.05) is 5.92 Å². The van der Waals surface area contributed by atoms with E-state index in [9.17, 15) is 4.79 Å². The Hall–Kier alpha value is -2.04. The van der Waals surface area contributed by atoms with E-state index in [0.29, 0.717) is 24.9 Å². The molecule has 3 heterocycles. The molecule has 3 aliphatic rings. The molecular formula is C22H25ClNO3-. The van der Waals surface area contributed by atoms with Gasteiger partial charge in [-0.15, -0.1) is 0 Å². The molecule has 0 spiro atoms. The molecule has 1 atom stereocenters. The van der Waals surface area contributed by atoms with Crippen molar-refractivity contribution < 1.29 is 26.7 Å². The number of hydrogen-bond acceptors (Lipinski definition) is 4. The third kappa shape index (κ3) is 4.82. The average molecular weight is 387 g/mol. The van der Waals surface area contributed by atoms with Crippen molar-refractivity contribution >= 4 is 5.78 Å². The van der Waals surface area contributed by atoms with E-state index in [0.717, 1.165) is 43.9 Å². The molecule has 27 heavy (non-hydrogen) atoms. The Balaban J connectivity index is 0.00000210. The molecule has 0 amide bonds. The first-order valence-electron chi connectivity index (χ1n) is 9.47. The number of piperidine rings is 3. The maximum absolute atomic E-state index is 12.5. The van der Waals surface area contributed by atoms with Crippen molar-refractivity contribution in [1.82, 2.24) is 4.90 Å². The molecule has 144 valence electrons. The van der Waals surface area contributed by atoms with Gasteiger partial charge in [-0.1, -0.05) is 30.3 Å². The number of fused-ring (bicyclic) bond motifs is 3. The van der Waals surface area contributed by atoms with E-state index in [4.69, 9.17) is 9.47 Å². The summed E-state index contributed by atoms with van der Waals surface area (Å²) in [5.41, 5.74) is 1.20. The number of nitrogens with zero attached hydrogens (tertiary/aromatic N) is 1. The summed E-state index contributed by atoms with van der Waals surface area (Å²) < 4.78 is 11.4. The molecule has 0 aromatic heterocycles. The highest BCUT2D eigenvalue weighted by Gasteiger charge is 2.40. The maximum Gasteiger partial charge on any atom is 0.153 e. The predicted molar refractivity (Wildman–Crippen MR) is 101 cm³/mol. The van der Waals surface area contributed by atoms with E-state index in [1.165, 1.54) is 5.56 Å². The van der Waals surface area contributed by atoms with Crippen LogP contribution in [-0.4, -0.2) is 43.0 Å². The van der Waals surface area contributed by atoms with Gasteiger partial charge < -0.3 is 21.9 Å². The molecule has 0 saturated carbocycles. The fourth-order valence-corrected chi connectivity index (χ4v) is 3.96. The lowest BCUT2D eigenvalue weighted by Crippen LogP contribution is -3.00. The second-order valence-electron chi connectivity index (χ2n) is 7.09. The number of rotatable bonds is 7. The van der Waals surface area contributed by atoms with Gasteiger partial charge in [-0.05, 0) is 62.2 Å². The van der Waals surface area contributed by atoms with E-state index >= 15 is 0 Å². The standard InChI is InChI=1S/C22H25NO3.ClH/c24-22-18-10-12-23(13-11-18)21(22)16-17-6-8-20(9-7-17)26-15-14-25-19-4-2-1-3-5-19;/h1-9,18,21H,10-16H2;1H/p-1. The van der Waals surface area contributed by atoms with Crippen molar-refractivity contribution in [3.05, 3.63) is 60.2 Å². The van der Waals surface area contributed by atoms with Crippen molar-refractivity contribution in [1.29, 1.82) is 0 Å². The number of para-hydroxylation sites is 1. The number of halogens is 1. The van der Waals surface area contributed by atoms with Crippen molar-refractivity contribution in [2.75, 3.05) is 26.3 Å². The highest BCUT2D eigenvalue weighted by atomic mass is 35.5. The lowest BCUT2D eigenvalue weighted by molar-refractivity contribution is -0.136. The van der Waals surface area contributed by atoms with Crippen LogP contribution in [0.5, 0.6) is 11.5 Å². The molecule has 0 aliphatic carbocycles. The Kier molecular flexibility index (Phi) is 6.75. The summed E-state index contributed by atoms with van der Waals surface area (Å²) in [6.45, 7) is 3.16. The molecule has 5 rings (SSSR count). The molecule has 3 aliphatic heterocycles. The summed E-state index contributed by atoms with van der Waals surface area (Å²) in [7, 11) is 0. The van der Waals surface area contributed by atoms with Crippen molar-refractivity contribution in [3.63, 3.8) is 0 Å². The molecular weight excluding hydrogens is 362 g/mol. The van der Waals surface area contributed by atoms with E-state index in [-0.39, 0.29) is 18.4 Å². The minimum Gasteiger partial charge on any atom is -1.00 e. The van der Waals surface area contributed by atoms with Crippen LogP contribution < -0.4 is 21.9 Å². The molecule has 0 N–H and O–H groups in total. The van der Waals surface area contributed by atoms with Gasteiger partial charge in [0.25, 0.3) is 0 Å². The second-order valence-corrected chi connectivity index (χ2v) is 7.09. The molecule has 4 nitrogen and oxygen atoms in total. The van der Waals surface area contributed by atoms with Crippen LogP contribution in [-0.2, 0) is 11.2 Å². The first-order chi connectivity index (χ1) is 12.8. The quantitative estimate of drug-likeness (QED) is 0.644. The Morgan fingerprint density at radius 2 is 1.44 bits per heavy atom. The summed E-state index contributed by atoms with van der Waals surface area (Å²) in [6.07, 6.45) is 2.91. The monoisotopic (exact) mass is 386 g/mol. The lowest BCUT2D eigenvalue weighted by atomic mass is 9.80. The molecule has 2 bridgehead atoms. The lowest BCUT2D eigenvalue weighted by Gasteiger charge is -2.44. The van der Waals surface area contributed by atoms with Gasteiger partial charge >= 0.3 is 0 Å². The molecule has 1 unspecified atom stereocenters. The van der Waals surface area contributed by atoms with Gasteiger partial charge in [0.05, 0.1) is 6.04 Å². The number of hydrogen-bond donors (Lipinski definition) is 0. The zero-order valence-electron chi connectivity index (χ0n) is 15.4. The third-order valence-corrected chi connectivity index (χ3v) is 5.42. The summed E-state index contributed by atoms with van der Waals surface area (Å²) in [5.74, 6) is 2.44. The van der Waals surface area contributed by atoms with Crippen molar-refractivity contribution in [2.45, 2.75) is 25.3 Å². The number of ketones is 1. The van der Waals surface area contributed by atoms with E-state index in [2.05, 4.69) is 17.0 Å². The topological polar surface area (TPSA) is 38.8 Å². The van der Waals surface area contributed by atoms with Gasteiger partial charge in [-0.2, -0.15) is 0 Å². The molecule has 5 heteroatoms. The first kappa shape index (κ1) is 19.7. The minimum absolute atomic E-state index is 0. The second kappa shape index (κ2) is 9.25. The van der Waals surface area contributed by atoms with Gasteiger partial charge in [-0.3, -0.25) is 9.69 Å². The zero-order chi connectivity index (χ0) is 17.8. The highest BCUT2D eigenvalue weighted by molar-refractivity contribution is 5.88. The fourth-order valence-electron chi connectivity index (χ4n) is 3.96. The first-order valence-corrected chi connectivity index (χ1v) is 9.47. The third-order valence-electron chi connectivity index (χ3n) is 5.42. The maximum atomic E-state index is 12.5. The predicted octanol–water partition coefficient (Wildman–Crippen LogP) is 0.354. The number of benzene rings is 2. The Bertz CT molecular complexity index is 727. The molecule has 2 aromatic carbocycles. The molecule has 2 aromatic rings. The average Bonchev–Trinajstić information content (AvgIpc) is 2.70. The zero-order valence-corrected chi connectivity index (χ0v) is 16.1. The Morgan fingerprint density at radius 1 is 0.852 bits per heavy atom. The van der Waals surface area contributed by atoms with E-state index in [1.54, 1.807) is 0 Å². The summed E-state index contributed by atoms with van der Waals surface area (Å²) in [5, 5.41) is 0. The van der Waals surface area contributed by atoms with Crippen LogP contribution in [0.15, 0.2) is 54.6 Å². The summed E-state index contributed by atoms with van der Waals surface area (Å²) >= 11 is 0. The fraction of sp³-hybridized carbons (Fsp3) is 0.409. The number of ether oxygens (including phenoxy) is 2. The summed E-state index contributed by atoms with van der Waals surface area (Å²) in [6, 6.07) is 17.9. The van der Waals surface area contributed by atoms with Crippen LogP contribution in [0, 0.1) is 5.92 Å². The van der Waals surface area contributed by atoms with Crippen LogP contribution >= 0.6 is 0 Å². The van der Waals surface area contributed by atoms with Crippen LogP contribution in [0.3, 0.4) is 0 Å². The Labute approximate surface area is 166 Å². The molecule has 0 radical (unpaired) electrons. The SMILES string of the molecule is O=C1C2CCN(CC2)C1Cc1ccc(OCCOc2ccccc2)cc1.[Cl-]. The minimum atomic E-state index is 0. The van der Waals surface area contributed by atoms with Crippen molar-refractivity contribution in [3.8, 4) is 11.5 Å². The Morgan fingerprint density at radius 3 is 2.04 bits per heavy atom. The largest absolute Gasteiger partial charge is 1.00 e. The van der Waals surface area contributed by atoms with E-state index in [1.807, 2.05) is 42.5 Å². The molecule has 3 saturated heterocycles. The summed E-state index contributed by atoms with van der Waals surface area (Å²) in [4.78, 5) is 14.8. The van der Waals surface area contributed by atoms with Crippen LogP contribution in [0.4, 0.5) is 0 Å². The highest BCUT2D eigenvalue weighted by Crippen LogP contribution is 2.30. The number of carbonyl (C=O) groups is 1. The number of Topliss-reactive ketones (excluding diaryl/α,β-unsaturated/α-hetero) is 1. The number of carbonyl (C=O) groups excluding carboxylic acids is 1. The van der Waals surface area contributed by atoms with Crippen molar-refractivity contribution in [2.24, 2.45) is 5.92 Å². The molecule has 3 fully saturated rings. The smallest absolute Gasteiger partial charge is 0.153 e. The van der Waals surface area contributed by atoms with Crippen LogP contribution in [0.2, 0.25) is 0 Å². The van der Waals surface area contributed by atoms with Crippen LogP contribution in [0.1, 0.15) is 18.4 Å². The van der Waals surface area contributed by atoms with Crippen LogP contribution in [0.25, 0.3) is 0 Å².